The number of Topliss-reactive ketones (excluding diaryl/α,β-unsaturated/α-hetero) is 2. The van der Waals surface area contributed by atoms with Crippen molar-refractivity contribution in [3.05, 3.63) is 188 Å². The third-order valence-electron chi connectivity index (χ3n) is 14.0. The zero-order valence-electron chi connectivity index (χ0n) is 44.9. The molecule has 0 aliphatic carbocycles. The van der Waals surface area contributed by atoms with Gasteiger partial charge < -0.3 is 39.0 Å². The number of hydrogen-bond acceptors (Lipinski definition) is 10. The van der Waals surface area contributed by atoms with Gasteiger partial charge in [0.25, 0.3) is 0 Å². The molecule has 78 heavy (non-hydrogen) atoms. The molecule has 14 nitrogen and oxygen atoms in total. The number of ether oxygens (including phenoxy) is 4. The number of aryl methyl sites for hydroxylation is 4. The van der Waals surface area contributed by atoms with Crippen molar-refractivity contribution in [3.63, 3.8) is 0 Å². The number of ketones is 2. The van der Waals surface area contributed by atoms with Crippen molar-refractivity contribution in [1.82, 2.24) is 9.80 Å². The van der Waals surface area contributed by atoms with Crippen LogP contribution >= 0.6 is 23.2 Å². The molecule has 6 aromatic rings. The summed E-state index contributed by atoms with van der Waals surface area (Å²) in [5.41, 5.74) is 3.49. The summed E-state index contributed by atoms with van der Waals surface area (Å²) < 4.78 is 22.8. The maximum Gasteiger partial charge on any atom is 0.415 e. The van der Waals surface area contributed by atoms with E-state index in [1.807, 2.05) is 64.1 Å². The molecule has 2 aliphatic rings. The summed E-state index contributed by atoms with van der Waals surface area (Å²) in [6.45, 7) is 14.7. The van der Waals surface area contributed by atoms with Crippen LogP contribution in [0.3, 0.4) is 0 Å². The number of carbonyl (C=O) groups excluding carboxylic acids is 4. The van der Waals surface area contributed by atoms with Crippen LogP contribution in [0.1, 0.15) is 81.8 Å². The fraction of sp³-hybridized carbons (Fsp3) is 0.323. The van der Waals surface area contributed by atoms with E-state index in [1.54, 1.807) is 107 Å². The largest absolute Gasteiger partial charge is 0.478 e. The predicted octanol–water partition coefficient (Wildman–Crippen LogP) is 12.7. The molecular weight excluding hydrogens is 1040 g/mol. The van der Waals surface area contributed by atoms with E-state index in [9.17, 15) is 39.0 Å². The SMILES string of the molecule is Cc1cc(C[C@@H]2CN(C(=O)Oc3ccccc3)C[C@H]2C(=O)c2ccc(Cl)cc2)cc(C)c1OC(C)(C)C(=O)O.Cc1cc(C[C@H]2CN(C(=O)Oc3ccccc3)C[C@@H]2C(=O)c2ccc(Cl)cc2)cc(C)c1OC(C)(C)C(=O)O. The van der Waals surface area contributed by atoms with Crippen LogP contribution in [0.15, 0.2) is 133 Å². The molecule has 8 rings (SSSR count). The molecule has 0 spiro atoms. The van der Waals surface area contributed by atoms with Crippen LogP contribution in [-0.4, -0.2) is 93.1 Å². The van der Waals surface area contributed by atoms with Crippen molar-refractivity contribution in [2.45, 2.75) is 79.4 Å². The second-order valence-electron chi connectivity index (χ2n) is 21.0. The van der Waals surface area contributed by atoms with Gasteiger partial charge in [0.1, 0.15) is 23.0 Å². The van der Waals surface area contributed by atoms with E-state index in [0.717, 1.165) is 33.4 Å². The molecule has 2 amide bonds. The summed E-state index contributed by atoms with van der Waals surface area (Å²) in [4.78, 5) is 79.5. The number of aliphatic carboxylic acids is 2. The van der Waals surface area contributed by atoms with Gasteiger partial charge in [-0.2, -0.15) is 0 Å². The van der Waals surface area contributed by atoms with Gasteiger partial charge in [0.15, 0.2) is 22.8 Å². The van der Waals surface area contributed by atoms with Crippen molar-refractivity contribution in [2.75, 3.05) is 26.2 Å². The molecule has 16 heteroatoms. The topological polar surface area (TPSA) is 186 Å². The minimum absolute atomic E-state index is 0.0525. The number of halogens is 2. The van der Waals surface area contributed by atoms with Gasteiger partial charge in [-0.1, -0.05) is 83.9 Å². The fourth-order valence-electron chi connectivity index (χ4n) is 9.85. The monoisotopic (exact) mass is 1100 g/mol. The van der Waals surface area contributed by atoms with Gasteiger partial charge in [-0.25, -0.2) is 19.2 Å². The second kappa shape index (κ2) is 24.8. The van der Waals surface area contributed by atoms with Crippen LogP contribution in [-0.2, 0) is 22.4 Å². The van der Waals surface area contributed by atoms with Crippen LogP contribution in [0.4, 0.5) is 9.59 Å². The number of nitrogens with zero attached hydrogens (tertiary/aromatic N) is 2. The Labute approximate surface area is 464 Å². The summed E-state index contributed by atoms with van der Waals surface area (Å²) in [6, 6.07) is 39.1. The highest BCUT2D eigenvalue weighted by Crippen LogP contribution is 2.37. The first-order chi connectivity index (χ1) is 36.9. The Balaban J connectivity index is 0.000000226. The predicted molar refractivity (Wildman–Crippen MR) is 298 cm³/mol. The van der Waals surface area contributed by atoms with E-state index in [1.165, 1.54) is 27.7 Å². The lowest BCUT2D eigenvalue weighted by atomic mass is 9.84. The van der Waals surface area contributed by atoms with E-state index in [-0.39, 0.29) is 36.5 Å². The minimum Gasteiger partial charge on any atom is -0.478 e. The summed E-state index contributed by atoms with van der Waals surface area (Å²) >= 11 is 12.1. The van der Waals surface area contributed by atoms with Crippen molar-refractivity contribution in [3.8, 4) is 23.0 Å². The standard InChI is InChI=1S/2C31H32ClNO6/c2*1-19-14-21(15-20(2)28(19)39-31(3,4)29(35)36)16-23-17-33(30(37)38-25-8-6-5-7-9-25)18-26(23)27(34)22-10-12-24(32)13-11-22/h2*5-15,23,26H,16-18H2,1-4H3,(H,35,36)/t2*23-,26-/m10/s1. The van der Waals surface area contributed by atoms with Gasteiger partial charge in [-0.3, -0.25) is 9.59 Å². The maximum atomic E-state index is 13.6. The molecular formula is C62H64Cl2N2O12. The van der Waals surface area contributed by atoms with Gasteiger partial charge in [-0.05, 0) is 186 Å². The van der Waals surface area contributed by atoms with Gasteiger partial charge in [0.05, 0.1) is 0 Å². The number of amides is 2. The second-order valence-corrected chi connectivity index (χ2v) is 21.9. The molecule has 2 saturated heterocycles. The number of carboxylic acids is 2. The smallest absolute Gasteiger partial charge is 0.415 e. The van der Waals surface area contributed by atoms with Crippen molar-refractivity contribution in [1.29, 1.82) is 0 Å². The average molecular weight is 1100 g/mol. The highest BCUT2D eigenvalue weighted by molar-refractivity contribution is 6.31. The lowest BCUT2D eigenvalue weighted by Gasteiger charge is -2.25. The molecule has 2 N–H and O–H groups in total. The molecule has 2 fully saturated rings. The van der Waals surface area contributed by atoms with Crippen LogP contribution in [0.5, 0.6) is 23.0 Å². The van der Waals surface area contributed by atoms with E-state index >= 15 is 0 Å². The third kappa shape index (κ3) is 14.5. The summed E-state index contributed by atoms with van der Waals surface area (Å²) in [5.74, 6) is -1.45. The molecule has 0 saturated carbocycles. The Hall–Kier alpha value is -7.68. The van der Waals surface area contributed by atoms with Gasteiger partial charge in [-0.15, -0.1) is 0 Å². The highest BCUT2D eigenvalue weighted by atomic mass is 35.5. The zero-order valence-corrected chi connectivity index (χ0v) is 46.4. The van der Waals surface area contributed by atoms with E-state index < -0.39 is 47.2 Å². The Morgan fingerprint density at radius 2 is 0.795 bits per heavy atom. The first kappa shape index (κ1) is 58.0. The molecule has 0 unspecified atom stereocenters. The molecule has 0 bridgehead atoms. The third-order valence-corrected chi connectivity index (χ3v) is 14.5. The normalized spacial score (nSPS) is 17.1. The first-order valence-corrected chi connectivity index (χ1v) is 26.3. The Bertz CT molecular complexity index is 2910. The molecule has 0 aromatic heterocycles. The van der Waals surface area contributed by atoms with Crippen molar-refractivity contribution in [2.24, 2.45) is 23.7 Å². The van der Waals surface area contributed by atoms with E-state index in [0.29, 0.717) is 70.1 Å². The maximum absolute atomic E-state index is 13.6. The molecule has 2 heterocycles. The van der Waals surface area contributed by atoms with Crippen LogP contribution in [0, 0.1) is 51.4 Å². The number of carboxylic acid groups (broad SMARTS) is 2. The fourth-order valence-corrected chi connectivity index (χ4v) is 10.1. The summed E-state index contributed by atoms with van der Waals surface area (Å²) in [5, 5.41) is 20.0. The molecule has 6 aromatic carbocycles. The van der Waals surface area contributed by atoms with Crippen LogP contribution < -0.4 is 18.9 Å². The van der Waals surface area contributed by atoms with Crippen LogP contribution in [0.2, 0.25) is 10.0 Å². The molecule has 4 atom stereocenters. The van der Waals surface area contributed by atoms with E-state index in [2.05, 4.69) is 0 Å². The average Bonchev–Trinajstić information content (AvgIpc) is 4.10. The minimum atomic E-state index is -1.38. The number of para-hydroxylation sites is 2. The number of carbonyl (C=O) groups is 6. The van der Waals surface area contributed by atoms with Crippen LogP contribution in [0.25, 0.3) is 0 Å². The first-order valence-electron chi connectivity index (χ1n) is 25.6. The number of likely N-dealkylation sites (tertiary alicyclic amines) is 2. The number of hydrogen-bond donors (Lipinski definition) is 2. The van der Waals surface area contributed by atoms with Crippen molar-refractivity contribution < 1.29 is 57.9 Å². The zero-order chi connectivity index (χ0) is 56.6. The molecule has 2 aliphatic heterocycles. The Morgan fingerprint density at radius 3 is 1.09 bits per heavy atom. The van der Waals surface area contributed by atoms with Gasteiger partial charge >= 0.3 is 24.1 Å². The molecule has 408 valence electrons. The lowest BCUT2D eigenvalue weighted by molar-refractivity contribution is -0.152. The van der Waals surface area contributed by atoms with Gasteiger partial charge in [0, 0.05) is 59.2 Å². The highest BCUT2D eigenvalue weighted by Gasteiger charge is 2.42. The number of rotatable bonds is 16. The van der Waals surface area contributed by atoms with E-state index in [4.69, 9.17) is 42.1 Å². The number of benzene rings is 6. The summed E-state index contributed by atoms with van der Waals surface area (Å²) in [6.07, 6.45) is 0.0986. The summed E-state index contributed by atoms with van der Waals surface area (Å²) in [7, 11) is 0. The lowest BCUT2D eigenvalue weighted by Crippen LogP contribution is -2.38. The quantitative estimate of drug-likeness (QED) is 0.0875. The van der Waals surface area contributed by atoms with Crippen molar-refractivity contribution >= 4 is 58.9 Å². The molecule has 0 radical (unpaired) electrons. The Kier molecular flexibility index (Phi) is 18.4. The van der Waals surface area contributed by atoms with Gasteiger partial charge in [0.2, 0.25) is 0 Å². The Morgan fingerprint density at radius 1 is 0.487 bits per heavy atom.